The van der Waals surface area contributed by atoms with Crippen molar-refractivity contribution in [1.82, 2.24) is 0 Å². The molecule has 0 amide bonds. The van der Waals surface area contributed by atoms with E-state index in [-0.39, 0.29) is 7.92 Å². The van der Waals surface area contributed by atoms with Crippen molar-refractivity contribution in [1.29, 1.82) is 0 Å². The highest BCUT2D eigenvalue weighted by Gasteiger charge is 2.51. The van der Waals surface area contributed by atoms with E-state index in [1.54, 1.807) is 38.5 Å². The quantitative estimate of drug-likeness (QED) is 0.401. The van der Waals surface area contributed by atoms with E-state index in [1.165, 1.54) is 64.2 Å². The van der Waals surface area contributed by atoms with E-state index in [0.29, 0.717) is 5.16 Å². The third-order valence-corrected chi connectivity index (χ3v) is 12.8. The zero-order chi connectivity index (χ0) is 18.5. The zero-order valence-electron chi connectivity index (χ0n) is 17.9. The Morgan fingerprint density at radius 1 is 0.778 bits per heavy atom. The second-order valence-electron chi connectivity index (χ2n) is 10.1. The highest BCUT2D eigenvalue weighted by molar-refractivity contribution is 7.61. The fraction of sp³-hybridized carbons (Fsp3) is 0.846. The molecule has 3 fully saturated rings. The van der Waals surface area contributed by atoms with Gasteiger partial charge in [-0.05, 0) is 74.5 Å². The lowest BCUT2D eigenvalue weighted by atomic mass is 9.83. The summed E-state index contributed by atoms with van der Waals surface area (Å²) in [7, 11) is 0.130. The molecule has 3 aliphatic carbocycles. The first-order valence-corrected chi connectivity index (χ1v) is 13.9. The van der Waals surface area contributed by atoms with Gasteiger partial charge in [-0.15, -0.1) is 0 Å². The molecule has 0 spiro atoms. The summed E-state index contributed by atoms with van der Waals surface area (Å²) < 4.78 is 0. The summed E-state index contributed by atoms with van der Waals surface area (Å²) in [5.74, 6) is 2.16. The number of hydrogen-bond acceptors (Lipinski definition) is 0. The molecule has 27 heavy (non-hydrogen) atoms. The van der Waals surface area contributed by atoms with Crippen LogP contribution in [0.15, 0.2) is 24.3 Å². The number of hydrogen-bond donors (Lipinski definition) is 0. The highest BCUT2D eigenvalue weighted by Crippen LogP contribution is 2.72. The Labute approximate surface area is 170 Å². The Bertz CT molecular complexity index is 482. The molecule has 3 atom stereocenters. The van der Waals surface area contributed by atoms with E-state index in [0.717, 1.165) is 23.2 Å². The highest BCUT2D eigenvalue weighted by atomic mass is 31.1. The van der Waals surface area contributed by atoms with Crippen LogP contribution in [0, 0.1) is 11.8 Å². The molecule has 2 saturated carbocycles. The van der Waals surface area contributed by atoms with Gasteiger partial charge in [0.05, 0.1) is 0 Å². The van der Waals surface area contributed by atoms with Crippen LogP contribution < -0.4 is 0 Å². The van der Waals surface area contributed by atoms with Gasteiger partial charge in [0, 0.05) is 5.16 Å². The van der Waals surface area contributed by atoms with Crippen LogP contribution >= 0.6 is 7.92 Å². The topological polar surface area (TPSA) is 0 Å². The van der Waals surface area contributed by atoms with E-state index in [2.05, 4.69) is 31.2 Å². The Balaban J connectivity index is 1.63. The van der Waals surface area contributed by atoms with Gasteiger partial charge in [-0.1, -0.05) is 90.5 Å². The third kappa shape index (κ3) is 4.42. The zero-order valence-corrected chi connectivity index (χ0v) is 18.8. The largest absolute Gasteiger partial charge is 0.0891 e. The van der Waals surface area contributed by atoms with Crippen molar-refractivity contribution in [3.63, 3.8) is 0 Å². The molecule has 4 aliphatic rings. The lowest BCUT2D eigenvalue weighted by Gasteiger charge is -2.48. The van der Waals surface area contributed by atoms with Gasteiger partial charge < -0.3 is 0 Å². The minimum absolute atomic E-state index is 0.130. The average Bonchev–Trinajstić information content (AvgIpc) is 3.20. The van der Waals surface area contributed by atoms with Gasteiger partial charge in [-0.3, -0.25) is 0 Å². The minimum Gasteiger partial charge on any atom is -0.0891 e. The minimum atomic E-state index is 0.130. The maximum Gasteiger partial charge on any atom is 0.0126 e. The maximum absolute atomic E-state index is 2.74. The molecule has 3 unspecified atom stereocenters. The van der Waals surface area contributed by atoms with Crippen LogP contribution in [-0.4, -0.2) is 16.5 Å². The van der Waals surface area contributed by atoms with Gasteiger partial charge in [-0.2, -0.15) is 0 Å². The van der Waals surface area contributed by atoms with Crippen LogP contribution in [0.2, 0.25) is 0 Å². The van der Waals surface area contributed by atoms with Crippen molar-refractivity contribution in [2.24, 2.45) is 11.8 Å². The Morgan fingerprint density at radius 3 is 1.85 bits per heavy atom. The molecule has 1 heterocycles. The number of rotatable bonds is 6. The third-order valence-electron chi connectivity index (χ3n) is 8.46. The van der Waals surface area contributed by atoms with Crippen molar-refractivity contribution < 1.29 is 0 Å². The van der Waals surface area contributed by atoms with Crippen molar-refractivity contribution in [3.8, 4) is 0 Å². The summed E-state index contributed by atoms with van der Waals surface area (Å²) in [6.07, 6.45) is 34.2. The van der Waals surface area contributed by atoms with E-state index in [4.69, 9.17) is 0 Å². The first-order valence-electron chi connectivity index (χ1n) is 12.5. The van der Waals surface area contributed by atoms with Crippen LogP contribution in [0.3, 0.4) is 0 Å². The second-order valence-corrected chi connectivity index (χ2v) is 13.1. The smallest absolute Gasteiger partial charge is 0.0126 e. The summed E-state index contributed by atoms with van der Waals surface area (Å²) >= 11 is 0. The molecule has 0 radical (unpaired) electrons. The van der Waals surface area contributed by atoms with E-state index >= 15 is 0 Å². The molecular weight excluding hydrogens is 343 g/mol. The number of unbranched alkanes of at least 4 members (excludes halogenated alkanes) is 1. The molecular formula is C26H43P. The molecule has 0 N–H and O–H groups in total. The van der Waals surface area contributed by atoms with Crippen molar-refractivity contribution in [2.45, 2.75) is 126 Å². The maximum atomic E-state index is 2.74. The fourth-order valence-corrected chi connectivity index (χ4v) is 12.3. The second kappa shape index (κ2) is 9.61. The van der Waals surface area contributed by atoms with Crippen LogP contribution in [0.5, 0.6) is 0 Å². The summed E-state index contributed by atoms with van der Waals surface area (Å²) in [5, 5.41) is 0.556. The average molecular weight is 387 g/mol. The molecule has 0 aromatic heterocycles. The Hall–Kier alpha value is -0.0900. The van der Waals surface area contributed by atoms with Crippen molar-refractivity contribution in [2.75, 3.05) is 0 Å². The van der Waals surface area contributed by atoms with Gasteiger partial charge in [0.25, 0.3) is 0 Å². The predicted molar refractivity (Wildman–Crippen MR) is 122 cm³/mol. The first-order chi connectivity index (χ1) is 13.3. The molecule has 0 aromatic rings. The SMILES string of the molecule is CCCCC1(P2C(C3CCCCC3)CCC2C2CCCCC2)C=CC=CC1. The van der Waals surface area contributed by atoms with Crippen LogP contribution in [0.1, 0.15) is 110 Å². The molecule has 1 heteroatoms. The molecule has 0 bridgehead atoms. The molecule has 0 aromatic carbocycles. The van der Waals surface area contributed by atoms with Gasteiger partial charge in [-0.25, -0.2) is 0 Å². The predicted octanol–water partition coefficient (Wildman–Crippen LogP) is 8.61. The summed E-state index contributed by atoms with van der Waals surface area (Å²) in [6, 6.07) is 0. The van der Waals surface area contributed by atoms with Gasteiger partial charge >= 0.3 is 0 Å². The summed E-state index contributed by atoms with van der Waals surface area (Å²) in [4.78, 5) is 0. The standard InChI is InChI=1S/C26H43P/c1-2-3-19-26(20-11-6-12-21-26)27-24(22-13-7-4-8-14-22)17-18-25(27)23-15-9-5-10-16-23/h6,11-12,20,22-25H,2-5,7-10,13-19,21H2,1H3. The van der Waals surface area contributed by atoms with E-state index in [1.807, 2.05) is 0 Å². The van der Waals surface area contributed by atoms with Crippen molar-refractivity contribution >= 4 is 7.92 Å². The van der Waals surface area contributed by atoms with Crippen LogP contribution in [0.4, 0.5) is 0 Å². The number of allylic oxidation sites excluding steroid dienone is 4. The van der Waals surface area contributed by atoms with Crippen LogP contribution in [0.25, 0.3) is 0 Å². The first kappa shape index (κ1) is 20.2. The summed E-state index contributed by atoms with van der Waals surface area (Å²) in [6.45, 7) is 2.40. The van der Waals surface area contributed by atoms with E-state index < -0.39 is 0 Å². The van der Waals surface area contributed by atoms with Crippen molar-refractivity contribution in [3.05, 3.63) is 24.3 Å². The summed E-state index contributed by atoms with van der Waals surface area (Å²) in [5.41, 5.74) is 2.19. The van der Waals surface area contributed by atoms with Crippen LogP contribution in [-0.2, 0) is 0 Å². The molecule has 152 valence electrons. The van der Waals surface area contributed by atoms with E-state index in [9.17, 15) is 0 Å². The molecule has 4 rings (SSSR count). The Kier molecular flexibility index (Phi) is 7.18. The normalized spacial score (nSPS) is 38.5. The van der Waals surface area contributed by atoms with Gasteiger partial charge in [0.15, 0.2) is 0 Å². The van der Waals surface area contributed by atoms with Gasteiger partial charge in [0.1, 0.15) is 0 Å². The lowest BCUT2D eigenvalue weighted by Crippen LogP contribution is -2.36. The molecule has 1 saturated heterocycles. The molecule has 0 nitrogen and oxygen atoms in total. The fourth-order valence-electron chi connectivity index (χ4n) is 7.13. The Morgan fingerprint density at radius 2 is 1.37 bits per heavy atom. The monoisotopic (exact) mass is 386 g/mol. The van der Waals surface area contributed by atoms with Gasteiger partial charge in [0.2, 0.25) is 0 Å². The molecule has 1 aliphatic heterocycles. The lowest BCUT2D eigenvalue weighted by molar-refractivity contribution is 0.332.